The van der Waals surface area contributed by atoms with Crippen molar-refractivity contribution in [2.45, 2.75) is 25.3 Å². The normalized spacial score (nSPS) is 11.9. The van der Waals surface area contributed by atoms with E-state index in [0.29, 0.717) is 19.3 Å². The summed E-state index contributed by atoms with van der Waals surface area (Å²) in [5, 5.41) is 11.4. The van der Waals surface area contributed by atoms with Crippen molar-refractivity contribution in [1.82, 2.24) is 4.90 Å². The molecule has 2 aromatic rings. The summed E-state index contributed by atoms with van der Waals surface area (Å²) in [4.78, 5) is 26.2. The third kappa shape index (κ3) is 4.43. The quantitative estimate of drug-likeness (QED) is 0.854. The van der Waals surface area contributed by atoms with Crippen LogP contribution in [0.1, 0.15) is 16.9 Å². The number of hydrogen-bond acceptors (Lipinski definition) is 3. The van der Waals surface area contributed by atoms with Crippen LogP contribution < -0.4 is 0 Å². The molecule has 0 radical (unpaired) electrons. The van der Waals surface area contributed by atoms with Crippen molar-refractivity contribution in [1.29, 1.82) is 0 Å². The molecule has 0 saturated heterocycles. The van der Waals surface area contributed by atoms with Gasteiger partial charge in [0.15, 0.2) is 0 Å². The molecular formula is C17H19NO3S. The first-order valence-electron chi connectivity index (χ1n) is 7.12. The van der Waals surface area contributed by atoms with E-state index in [9.17, 15) is 14.7 Å². The molecule has 22 heavy (non-hydrogen) atoms. The first kappa shape index (κ1) is 16.2. The molecule has 1 amide bonds. The third-order valence-electron chi connectivity index (χ3n) is 3.58. The number of aryl methyl sites for hydroxylation is 1. The fourth-order valence-electron chi connectivity index (χ4n) is 2.26. The number of aliphatic carboxylic acids is 1. The number of likely N-dealkylation sites (N-methyl/N-ethyl adjacent to an activating group) is 1. The van der Waals surface area contributed by atoms with E-state index in [2.05, 4.69) is 0 Å². The minimum Gasteiger partial charge on any atom is -0.480 e. The third-order valence-corrected chi connectivity index (χ3v) is 4.52. The summed E-state index contributed by atoms with van der Waals surface area (Å²) in [5.41, 5.74) is 0.910. The van der Waals surface area contributed by atoms with Crippen molar-refractivity contribution in [3.63, 3.8) is 0 Å². The molecule has 5 heteroatoms. The zero-order valence-electron chi connectivity index (χ0n) is 12.4. The highest BCUT2D eigenvalue weighted by Crippen LogP contribution is 2.14. The van der Waals surface area contributed by atoms with E-state index in [1.165, 1.54) is 4.90 Å². The van der Waals surface area contributed by atoms with Gasteiger partial charge < -0.3 is 10.0 Å². The highest BCUT2D eigenvalue weighted by atomic mass is 32.1. The average Bonchev–Trinajstić information content (AvgIpc) is 3.03. The number of benzene rings is 1. The van der Waals surface area contributed by atoms with Gasteiger partial charge in [-0.25, -0.2) is 4.79 Å². The lowest BCUT2D eigenvalue weighted by molar-refractivity contribution is -0.149. The van der Waals surface area contributed by atoms with Gasteiger partial charge in [0.05, 0.1) is 0 Å². The lowest BCUT2D eigenvalue weighted by Gasteiger charge is -2.25. The molecule has 0 spiro atoms. The van der Waals surface area contributed by atoms with Crippen molar-refractivity contribution >= 4 is 23.2 Å². The maximum Gasteiger partial charge on any atom is 0.326 e. The van der Waals surface area contributed by atoms with Crippen LogP contribution in [0.15, 0.2) is 47.8 Å². The lowest BCUT2D eigenvalue weighted by Crippen LogP contribution is -2.43. The van der Waals surface area contributed by atoms with Crippen LogP contribution in [-0.2, 0) is 22.4 Å². The van der Waals surface area contributed by atoms with E-state index in [0.717, 1.165) is 10.4 Å². The first-order valence-corrected chi connectivity index (χ1v) is 8.00. The molecule has 1 aromatic carbocycles. The average molecular weight is 317 g/mol. The topological polar surface area (TPSA) is 57.6 Å². The molecule has 1 heterocycles. The van der Waals surface area contributed by atoms with Gasteiger partial charge in [-0.05, 0) is 23.4 Å². The van der Waals surface area contributed by atoms with Gasteiger partial charge in [-0.1, -0.05) is 36.4 Å². The van der Waals surface area contributed by atoms with Crippen molar-refractivity contribution in [2.75, 3.05) is 7.05 Å². The fourth-order valence-corrected chi connectivity index (χ4v) is 2.97. The van der Waals surface area contributed by atoms with Crippen LogP contribution in [0.25, 0.3) is 0 Å². The van der Waals surface area contributed by atoms with Crippen molar-refractivity contribution in [2.24, 2.45) is 0 Å². The number of amides is 1. The van der Waals surface area contributed by atoms with E-state index >= 15 is 0 Å². The molecule has 0 saturated carbocycles. The predicted molar refractivity (Wildman–Crippen MR) is 87.0 cm³/mol. The molecule has 0 bridgehead atoms. The summed E-state index contributed by atoms with van der Waals surface area (Å²) >= 11 is 1.61. The first-order chi connectivity index (χ1) is 10.6. The summed E-state index contributed by atoms with van der Waals surface area (Å²) in [6.07, 6.45) is 1.30. The smallest absolute Gasteiger partial charge is 0.326 e. The number of carboxylic acids is 1. The number of carbonyl (C=O) groups excluding carboxylic acids is 1. The summed E-state index contributed by atoms with van der Waals surface area (Å²) in [6.45, 7) is 0. The van der Waals surface area contributed by atoms with E-state index in [1.54, 1.807) is 18.4 Å². The number of rotatable bonds is 7. The fraction of sp³-hybridized carbons (Fsp3) is 0.294. The molecule has 1 N–H and O–H groups in total. The zero-order chi connectivity index (χ0) is 15.9. The summed E-state index contributed by atoms with van der Waals surface area (Å²) in [6, 6.07) is 12.5. The van der Waals surface area contributed by atoms with Crippen LogP contribution in [0.4, 0.5) is 0 Å². The molecule has 2 rings (SSSR count). The minimum atomic E-state index is -0.976. The van der Waals surface area contributed by atoms with Gasteiger partial charge in [-0.2, -0.15) is 0 Å². The number of hydrogen-bond donors (Lipinski definition) is 1. The number of nitrogens with zero attached hydrogens (tertiary/aromatic N) is 1. The van der Waals surface area contributed by atoms with E-state index in [4.69, 9.17) is 0 Å². The van der Waals surface area contributed by atoms with Crippen LogP contribution in [0.5, 0.6) is 0 Å². The number of carboxylic acid groups (broad SMARTS) is 1. The minimum absolute atomic E-state index is 0.142. The molecule has 1 aromatic heterocycles. The Balaban J connectivity index is 1.97. The Morgan fingerprint density at radius 3 is 2.50 bits per heavy atom. The maximum absolute atomic E-state index is 12.2. The molecule has 0 aliphatic heterocycles. The van der Waals surface area contributed by atoms with Crippen LogP contribution in [0.3, 0.4) is 0 Å². The van der Waals surface area contributed by atoms with Crippen molar-refractivity contribution < 1.29 is 14.7 Å². The standard InChI is InChI=1S/C17H19NO3S/c1-18(16(19)10-9-14-8-5-11-22-14)15(17(20)21)12-13-6-3-2-4-7-13/h2-8,11,15H,9-10,12H2,1H3,(H,20,21). The molecule has 1 unspecified atom stereocenters. The Morgan fingerprint density at radius 2 is 1.91 bits per heavy atom. The zero-order valence-corrected chi connectivity index (χ0v) is 13.3. The largest absolute Gasteiger partial charge is 0.480 e. The maximum atomic E-state index is 12.2. The second-order valence-corrected chi connectivity index (χ2v) is 6.16. The Bertz CT molecular complexity index is 610. The second-order valence-electron chi connectivity index (χ2n) is 5.13. The van der Waals surface area contributed by atoms with Crippen LogP contribution in [-0.4, -0.2) is 35.0 Å². The van der Waals surface area contributed by atoms with Gasteiger partial charge >= 0.3 is 5.97 Å². The SMILES string of the molecule is CN(C(=O)CCc1cccs1)C(Cc1ccccc1)C(=O)O. The summed E-state index contributed by atoms with van der Waals surface area (Å²) in [7, 11) is 1.57. The van der Waals surface area contributed by atoms with Gasteiger partial charge in [0.25, 0.3) is 0 Å². The van der Waals surface area contributed by atoms with Gasteiger partial charge in [-0.3, -0.25) is 4.79 Å². The molecule has 0 aliphatic rings. The van der Waals surface area contributed by atoms with Crippen LogP contribution in [0, 0.1) is 0 Å². The second kappa shape index (κ2) is 7.75. The highest BCUT2D eigenvalue weighted by molar-refractivity contribution is 7.09. The predicted octanol–water partition coefficient (Wildman–Crippen LogP) is 2.84. The monoisotopic (exact) mass is 317 g/mol. The van der Waals surface area contributed by atoms with E-state index in [-0.39, 0.29) is 5.91 Å². The van der Waals surface area contributed by atoms with Gasteiger partial charge in [0.1, 0.15) is 6.04 Å². The molecule has 0 fully saturated rings. The van der Waals surface area contributed by atoms with Crippen LogP contribution >= 0.6 is 11.3 Å². The Kier molecular flexibility index (Phi) is 5.72. The van der Waals surface area contributed by atoms with Gasteiger partial charge in [0, 0.05) is 24.8 Å². The number of thiophene rings is 1. The number of carbonyl (C=O) groups is 2. The lowest BCUT2D eigenvalue weighted by atomic mass is 10.0. The van der Waals surface area contributed by atoms with Crippen LogP contribution in [0.2, 0.25) is 0 Å². The molecule has 4 nitrogen and oxygen atoms in total. The summed E-state index contributed by atoms with van der Waals surface area (Å²) in [5.74, 6) is -1.12. The Labute approximate surface area is 134 Å². The van der Waals surface area contributed by atoms with E-state index < -0.39 is 12.0 Å². The Morgan fingerprint density at radius 1 is 1.18 bits per heavy atom. The highest BCUT2D eigenvalue weighted by Gasteiger charge is 2.26. The van der Waals surface area contributed by atoms with Crippen molar-refractivity contribution in [3.8, 4) is 0 Å². The molecular weight excluding hydrogens is 298 g/mol. The molecule has 0 aliphatic carbocycles. The van der Waals surface area contributed by atoms with Gasteiger partial charge in [0.2, 0.25) is 5.91 Å². The van der Waals surface area contributed by atoms with Gasteiger partial charge in [-0.15, -0.1) is 11.3 Å². The van der Waals surface area contributed by atoms with Crippen molar-refractivity contribution in [3.05, 3.63) is 58.3 Å². The Hall–Kier alpha value is -2.14. The molecule has 116 valence electrons. The summed E-state index contributed by atoms with van der Waals surface area (Å²) < 4.78 is 0. The molecule has 1 atom stereocenters. The van der Waals surface area contributed by atoms with E-state index in [1.807, 2.05) is 47.8 Å².